The molecule has 0 aromatic carbocycles. The molecular weight excluding hydrogens is 234 g/mol. The molecule has 0 bridgehead atoms. The van der Waals surface area contributed by atoms with Crippen molar-refractivity contribution in [3.63, 3.8) is 0 Å². The number of likely N-dealkylation sites (tertiary alicyclic amines) is 1. The Morgan fingerprint density at radius 3 is 2.63 bits per heavy atom. The molecule has 3 nitrogen and oxygen atoms in total. The third-order valence-electron chi connectivity index (χ3n) is 5.16. The zero-order valence-corrected chi connectivity index (χ0v) is 13.6. The van der Waals surface area contributed by atoms with Crippen LogP contribution in [0.2, 0.25) is 0 Å². The molecule has 0 amide bonds. The van der Waals surface area contributed by atoms with Crippen LogP contribution in [0.4, 0.5) is 0 Å². The molecular formula is C16H33N3. The molecule has 2 fully saturated rings. The number of nitrogens with zero attached hydrogens (tertiary/aromatic N) is 2. The van der Waals surface area contributed by atoms with Gasteiger partial charge in [0.2, 0.25) is 0 Å². The summed E-state index contributed by atoms with van der Waals surface area (Å²) >= 11 is 0. The minimum atomic E-state index is 0.450. The van der Waals surface area contributed by atoms with Gasteiger partial charge in [-0.3, -0.25) is 4.90 Å². The third kappa shape index (κ3) is 3.32. The topological polar surface area (TPSA) is 18.5 Å². The van der Waals surface area contributed by atoms with Crippen LogP contribution in [0.5, 0.6) is 0 Å². The van der Waals surface area contributed by atoms with Crippen LogP contribution in [0, 0.1) is 5.41 Å². The maximum atomic E-state index is 3.78. The van der Waals surface area contributed by atoms with Gasteiger partial charge in [0.25, 0.3) is 0 Å². The first kappa shape index (κ1) is 15.3. The standard InChI is InChI=1S/C16H33N3/c1-6-17-15-14(9-10-16(15,2)3)19-11-7-8-13(19)12-18(4)5/h13-15,17H,6-12H2,1-5H3. The highest BCUT2D eigenvalue weighted by Crippen LogP contribution is 2.41. The maximum Gasteiger partial charge on any atom is 0.0274 e. The lowest BCUT2D eigenvalue weighted by Gasteiger charge is -2.39. The van der Waals surface area contributed by atoms with Gasteiger partial charge in [-0.25, -0.2) is 0 Å². The summed E-state index contributed by atoms with van der Waals surface area (Å²) in [5.74, 6) is 0. The predicted molar refractivity (Wildman–Crippen MR) is 82.5 cm³/mol. The summed E-state index contributed by atoms with van der Waals surface area (Å²) in [7, 11) is 4.41. The first-order chi connectivity index (χ1) is 8.95. The molecule has 112 valence electrons. The van der Waals surface area contributed by atoms with Crippen LogP contribution in [0.3, 0.4) is 0 Å². The average molecular weight is 267 g/mol. The van der Waals surface area contributed by atoms with E-state index in [-0.39, 0.29) is 0 Å². The number of hydrogen-bond acceptors (Lipinski definition) is 3. The van der Waals surface area contributed by atoms with E-state index in [4.69, 9.17) is 0 Å². The highest BCUT2D eigenvalue weighted by molar-refractivity contribution is 5.03. The SMILES string of the molecule is CCNC1C(N2CCCC2CN(C)C)CCC1(C)C. The van der Waals surface area contributed by atoms with E-state index in [1.54, 1.807) is 0 Å². The fraction of sp³-hybridized carbons (Fsp3) is 1.00. The molecule has 0 radical (unpaired) electrons. The largest absolute Gasteiger partial charge is 0.312 e. The van der Waals surface area contributed by atoms with Crippen LogP contribution in [0.25, 0.3) is 0 Å². The highest BCUT2D eigenvalue weighted by Gasteiger charge is 2.46. The van der Waals surface area contributed by atoms with E-state index in [0.29, 0.717) is 11.5 Å². The molecule has 2 rings (SSSR count). The zero-order chi connectivity index (χ0) is 14.0. The van der Waals surface area contributed by atoms with Crippen molar-refractivity contribution < 1.29 is 0 Å². The maximum absolute atomic E-state index is 3.78. The average Bonchev–Trinajstić information content (AvgIpc) is 2.85. The quantitative estimate of drug-likeness (QED) is 0.824. The first-order valence-corrected chi connectivity index (χ1v) is 8.09. The summed E-state index contributed by atoms with van der Waals surface area (Å²) in [4.78, 5) is 5.17. The molecule has 2 aliphatic rings. The van der Waals surface area contributed by atoms with Crippen molar-refractivity contribution in [1.29, 1.82) is 0 Å². The van der Waals surface area contributed by atoms with E-state index < -0.39 is 0 Å². The smallest absolute Gasteiger partial charge is 0.0274 e. The summed E-state index contributed by atoms with van der Waals surface area (Å²) in [6.45, 7) is 10.7. The molecule has 1 aliphatic carbocycles. The molecule has 19 heavy (non-hydrogen) atoms. The molecule has 1 aliphatic heterocycles. The van der Waals surface area contributed by atoms with Gasteiger partial charge in [-0.2, -0.15) is 0 Å². The highest BCUT2D eigenvalue weighted by atomic mass is 15.3. The number of nitrogens with one attached hydrogen (secondary N) is 1. The Kier molecular flexibility index (Phi) is 4.91. The molecule has 1 saturated heterocycles. The third-order valence-corrected chi connectivity index (χ3v) is 5.16. The second-order valence-corrected chi connectivity index (χ2v) is 7.43. The van der Waals surface area contributed by atoms with E-state index in [9.17, 15) is 0 Å². The van der Waals surface area contributed by atoms with E-state index >= 15 is 0 Å². The minimum Gasteiger partial charge on any atom is -0.312 e. The van der Waals surface area contributed by atoms with Gasteiger partial charge in [-0.1, -0.05) is 20.8 Å². The fourth-order valence-corrected chi connectivity index (χ4v) is 4.26. The summed E-state index contributed by atoms with van der Waals surface area (Å²) in [6, 6.07) is 2.19. The van der Waals surface area contributed by atoms with Crippen molar-refractivity contribution in [3.05, 3.63) is 0 Å². The Morgan fingerprint density at radius 1 is 1.26 bits per heavy atom. The summed E-state index contributed by atoms with van der Waals surface area (Å²) in [5.41, 5.74) is 0.450. The Hall–Kier alpha value is -0.120. The lowest BCUT2D eigenvalue weighted by molar-refractivity contribution is 0.117. The van der Waals surface area contributed by atoms with Crippen molar-refractivity contribution in [2.45, 2.75) is 64.6 Å². The minimum absolute atomic E-state index is 0.450. The van der Waals surface area contributed by atoms with Crippen LogP contribution in [-0.4, -0.2) is 61.7 Å². The number of hydrogen-bond donors (Lipinski definition) is 1. The van der Waals surface area contributed by atoms with Gasteiger partial charge in [0.05, 0.1) is 0 Å². The Labute approximate surface area is 119 Å². The van der Waals surface area contributed by atoms with Gasteiger partial charge in [0.1, 0.15) is 0 Å². The van der Waals surface area contributed by atoms with Crippen molar-refractivity contribution in [3.8, 4) is 0 Å². The van der Waals surface area contributed by atoms with Crippen LogP contribution in [0.1, 0.15) is 46.5 Å². The van der Waals surface area contributed by atoms with E-state index in [1.165, 1.54) is 38.8 Å². The summed E-state index contributed by atoms with van der Waals surface area (Å²) in [5, 5.41) is 3.78. The summed E-state index contributed by atoms with van der Waals surface area (Å²) in [6.07, 6.45) is 5.50. The van der Waals surface area contributed by atoms with Gasteiger partial charge in [-0.05, 0) is 58.3 Å². The fourth-order valence-electron chi connectivity index (χ4n) is 4.26. The first-order valence-electron chi connectivity index (χ1n) is 8.09. The molecule has 3 atom stereocenters. The molecule has 1 heterocycles. The van der Waals surface area contributed by atoms with Gasteiger partial charge in [0.15, 0.2) is 0 Å². The monoisotopic (exact) mass is 267 g/mol. The molecule has 0 spiro atoms. The molecule has 3 unspecified atom stereocenters. The second-order valence-electron chi connectivity index (χ2n) is 7.43. The van der Waals surface area contributed by atoms with Crippen molar-refractivity contribution in [2.24, 2.45) is 5.41 Å². The second kappa shape index (κ2) is 6.11. The Bertz CT molecular complexity index is 288. The van der Waals surface area contributed by atoms with Crippen molar-refractivity contribution >= 4 is 0 Å². The van der Waals surface area contributed by atoms with E-state index in [0.717, 1.165) is 18.6 Å². The van der Waals surface area contributed by atoms with Crippen LogP contribution in [-0.2, 0) is 0 Å². The molecule has 0 aromatic rings. The predicted octanol–water partition coefficient (Wildman–Crippen LogP) is 2.18. The molecule has 3 heteroatoms. The van der Waals surface area contributed by atoms with Crippen LogP contribution >= 0.6 is 0 Å². The van der Waals surface area contributed by atoms with Crippen LogP contribution < -0.4 is 5.32 Å². The van der Waals surface area contributed by atoms with Gasteiger partial charge in [0, 0.05) is 24.7 Å². The van der Waals surface area contributed by atoms with E-state index in [1.807, 2.05) is 0 Å². The van der Waals surface area contributed by atoms with Crippen LogP contribution in [0.15, 0.2) is 0 Å². The van der Waals surface area contributed by atoms with E-state index in [2.05, 4.69) is 50.0 Å². The van der Waals surface area contributed by atoms with Gasteiger partial charge < -0.3 is 10.2 Å². The number of rotatable bonds is 5. The van der Waals surface area contributed by atoms with Gasteiger partial charge in [-0.15, -0.1) is 0 Å². The number of likely N-dealkylation sites (N-methyl/N-ethyl adjacent to an activating group) is 2. The molecule has 1 saturated carbocycles. The Morgan fingerprint density at radius 2 is 2.00 bits per heavy atom. The molecule has 1 N–H and O–H groups in total. The lowest BCUT2D eigenvalue weighted by atomic mass is 9.86. The lowest BCUT2D eigenvalue weighted by Crippen LogP contribution is -2.54. The summed E-state index contributed by atoms with van der Waals surface area (Å²) < 4.78 is 0. The zero-order valence-electron chi connectivity index (χ0n) is 13.6. The van der Waals surface area contributed by atoms with Crippen molar-refractivity contribution in [1.82, 2.24) is 15.1 Å². The normalized spacial score (nSPS) is 35.4. The Balaban J connectivity index is 2.07. The van der Waals surface area contributed by atoms with Crippen molar-refractivity contribution in [2.75, 3.05) is 33.7 Å². The molecule has 0 aromatic heterocycles. The van der Waals surface area contributed by atoms with Gasteiger partial charge >= 0.3 is 0 Å².